The van der Waals surface area contributed by atoms with Crippen LogP contribution in [0.25, 0.3) is 11.1 Å². The Morgan fingerprint density at radius 2 is 1.62 bits per heavy atom. The number of rotatable bonds is 9. The number of halogens is 3. The number of para-hydroxylation sites is 1. The van der Waals surface area contributed by atoms with Gasteiger partial charge in [0.15, 0.2) is 11.5 Å². The molecule has 130 valence electrons. The lowest BCUT2D eigenvalue weighted by atomic mass is 10.0. The van der Waals surface area contributed by atoms with Gasteiger partial charge in [-0.05, 0) is 30.5 Å². The lowest BCUT2D eigenvalue weighted by Crippen LogP contribution is -2.09. The quantitative estimate of drug-likeness (QED) is 0.194. The smallest absolute Gasteiger partial charge is 0.267 e. The number of hydrogen-bond acceptors (Lipinski definition) is 2. The Hall–Kier alpha value is -0.303. The summed E-state index contributed by atoms with van der Waals surface area (Å²) in [5.74, 6) is 1.65. The third kappa shape index (κ3) is 6.54. The molecule has 2 rings (SSSR count). The molecule has 0 bridgehead atoms. The normalized spacial score (nSPS) is 11.3. The van der Waals surface area contributed by atoms with Gasteiger partial charge in [-0.3, -0.25) is 0 Å². The summed E-state index contributed by atoms with van der Waals surface area (Å²) in [7, 11) is 0. The topological polar surface area (TPSA) is 18.5 Å². The molecular weight excluding hydrogens is 516 g/mol. The summed E-state index contributed by atoms with van der Waals surface area (Å²) in [6, 6.07) is 17.4. The molecule has 2 aromatic carbocycles. The molecule has 0 fully saturated rings. The average Bonchev–Trinajstić information content (AvgIpc) is 2.57. The Bertz CT molecular complexity index is 630. The van der Waals surface area contributed by atoms with Crippen molar-refractivity contribution in [3.8, 4) is 22.6 Å². The third-order valence-electron chi connectivity index (χ3n) is 3.38. The molecule has 0 aliphatic carbocycles. The highest BCUT2D eigenvalue weighted by Gasteiger charge is 2.21. The van der Waals surface area contributed by atoms with Crippen LogP contribution in [0.3, 0.4) is 0 Å². The van der Waals surface area contributed by atoms with Gasteiger partial charge < -0.3 is 9.47 Å². The third-order valence-corrected chi connectivity index (χ3v) is 7.87. The predicted octanol–water partition coefficient (Wildman–Crippen LogP) is 7.03. The van der Waals surface area contributed by atoms with Crippen molar-refractivity contribution in [2.24, 2.45) is 0 Å². The molecule has 0 spiro atoms. The van der Waals surface area contributed by atoms with Crippen LogP contribution >= 0.6 is 45.9 Å². The molecule has 0 amide bonds. The second-order valence-electron chi connectivity index (χ2n) is 5.41. The minimum atomic E-state index is -1.58. The summed E-state index contributed by atoms with van der Waals surface area (Å²) >= 11 is 11.0. The fourth-order valence-corrected chi connectivity index (χ4v) is 5.35. The molecule has 0 N–H and O–H groups in total. The maximum Gasteiger partial charge on any atom is 0.267 e. The van der Waals surface area contributed by atoms with E-state index in [2.05, 4.69) is 71.0 Å². The van der Waals surface area contributed by atoms with Crippen LogP contribution in [0.5, 0.6) is 11.5 Å². The number of benzene rings is 2. The molecule has 0 aromatic heterocycles. The maximum absolute atomic E-state index is 6.15. The van der Waals surface area contributed by atoms with Gasteiger partial charge in [0.2, 0.25) is 0 Å². The minimum absolute atomic E-state index is 0.657. The lowest BCUT2D eigenvalue weighted by Gasteiger charge is -2.17. The second-order valence-corrected chi connectivity index (χ2v) is 28.9. The molecular formula is C18H21Br3O2Si. The van der Waals surface area contributed by atoms with Crippen molar-refractivity contribution in [3.63, 3.8) is 0 Å². The van der Waals surface area contributed by atoms with Gasteiger partial charge in [0, 0.05) is 5.56 Å². The number of hydrogen-bond donors (Lipinski definition) is 0. The van der Waals surface area contributed by atoms with Gasteiger partial charge in [-0.1, -0.05) is 95.3 Å². The van der Waals surface area contributed by atoms with Crippen LogP contribution in [0.4, 0.5) is 0 Å². The van der Waals surface area contributed by atoms with Crippen molar-refractivity contribution < 1.29 is 9.47 Å². The molecule has 0 aliphatic rings. The Labute approximate surface area is 168 Å². The molecule has 0 saturated heterocycles. The van der Waals surface area contributed by atoms with Crippen molar-refractivity contribution in [3.05, 3.63) is 48.5 Å². The molecule has 24 heavy (non-hydrogen) atoms. The van der Waals surface area contributed by atoms with E-state index in [9.17, 15) is 0 Å². The fraction of sp³-hybridized carbons (Fsp3) is 0.333. The zero-order valence-corrected chi connectivity index (χ0v) is 19.4. The molecule has 6 heteroatoms. The van der Waals surface area contributed by atoms with E-state index < -0.39 is 3.93 Å². The highest BCUT2D eigenvalue weighted by Crippen LogP contribution is 2.39. The largest absolute Gasteiger partial charge is 0.490 e. The molecule has 2 nitrogen and oxygen atoms in total. The summed E-state index contributed by atoms with van der Waals surface area (Å²) in [4.78, 5) is 0. The Kier molecular flexibility index (Phi) is 8.33. The summed E-state index contributed by atoms with van der Waals surface area (Å²) in [6.07, 6.45) is 1.93. The van der Waals surface area contributed by atoms with Crippen LogP contribution in [0.2, 0.25) is 6.04 Å². The molecule has 0 aliphatic heterocycles. The van der Waals surface area contributed by atoms with Gasteiger partial charge in [-0.2, -0.15) is 0 Å². The van der Waals surface area contributed by atoms with Gasteiger partial charge in [0.1, 0.15) is 0 Å². The van der Waals surface area contributed by atoms with Crippen molar-refractivity contribution in [1.82, 2.24) is 0 Å². The monoisotopic (exact) mass is 534 g/mol. The fourth-order valence-electron chi connectivity index (χ4n) is 2.28. The Balaban J connectivity index is 2.20. The lowest BCUT2D eigenvalue weighted by molar-refractivity contribution is 0.269. The SMILES string of the molecule is CCCOc1cccc(-c2ccccc2)c1OCCC[Si](Br)(Br)Br. The van der Waals surface area contributed by atoms with Crippen LogP contribution in [0.15, 0.2) is 48.5 Å². The van der Waals surface area contributed by atoms with Crippen LogP contribution in [0, 0.1) is 0 Å². The predicted molar refractivity (Wildman–Crippen MR) is 115 cm³/mol. The Morgan fingerprint density at radius 1 is 0.875 bits per heavy atom. The first-order chi connectivity index (χ1) is 11.5. The average molecular weight is 537 g/mol. The zero-order valence-electron chi connectivity index (χ0n) is 13.6. The van der Waals surface area contributed by atoms with Gasteiger partial charge in [-0.25, -0.2) is 0 Å². The van der Waals surface area contributed by atoms with Crippen molar-refractivity contribution in [2.75, 3.05) is 13.2 Å². The molecule has 0 radical (unpaired) electrons. The Morgan fingerprint density at radius 3 is 2.29 bits per heavy atom. The van der Waals surface area contributed by atoms with E-state index in [0.717, 1.165) is 41.5 Å². The van der Waals surface area contributed by atoms with E-state index in [1.807, 2.05) is 30.3 Å². The van der Waals surface area contributed by atoms with E-state index in [1.54, 1.807) is 0 Å². The van der Waals surface area contributed by atoms with Crippen LogP contribution in [0.1, 0.15) is 19.8 Å². The van der Waals surface area contributed by atoms with E-state index in [-0.39, 0.29) is 0 Å². The first-order valence-electron chi connectivity index (χ1n) is 8.02. The molecule has 0 heterocycles. The van der Waals surface area contributed by atoms with Crippen LogP contribution < -0.4 is 9.47 Å². The highest BCUT2D eigenvalue weighted by molar-refractivity contribution is 9.72. The zero-order chi connectivity index (χ0) is 17.4. The summed E-state index contributed by atoms with van der Waals surface area (Å²) in [5, 5.41) is 0. The first-order valence-corrected chi connectivity index (χ1v) is 17.0. The molecule has 2 aromatic rings. The maximum atomic E-state index is 6.15. The van der Waals surface area contributed by atoms with Gasteiger partial charge >= 0.3 is 0 Å². The van der Waals surface area contributed by atoms with Crippen molar-refractivity contribution >= 4 is 49.8 Å². The summed E-state index contributed by atoms with van der Waals surface area (Å²) < 4.78 is 10.5. The van der Waals surface area contributed by atoms with Crippen LogP contribution in [-0.2, 0) is 0 Å². The van der Waals surface area contributed by atoms with E-state index in [1.165, 1.54) is 0 Å². The summed E-state index contributed by atoms with van der Waals surface area (Å²) in [6.45, 7) is 3.45. The molecule has 0 atom stereocenters. The summed E-state index contributed by atoms with van der Waals surface area (Å²) in [5.41, 5.74) is 2.21. The van der Waals surface area contributed by atoms with Crippen molar-refractivity contribution in [2.45, 2.75) is 25.8 Å². The van der Waals surface area contributed by atoms with Crippen LogP contribution in [-0.4, -0.2) is 17.1 Å². The molecule has 0 unspecified atom stereocenters. The van der Waals surface area contributed by atoms with Gasteiger partial charge in [0.05, 0.1) is 13.2 Å². The van der Waals surface area contributed by atoms with Crippen molar-refractivity contribution in [1.29, 1.82) is 0 Å². The first kappa shape index (κ1) is 20.0. The van der Waals surface area contributed by atoms with E-state index >= 15 is 0 Å². The van der Waals surface area contributed by atoms with E-state index in [0.29, 0.717) is 13.2 Å². The number of ether oxygens (including phenoxy) is 2. The van der Waals surface area contributed by atoms with Gasteiger partial charge in [0.25, 0.3) is 3.93 Å². The minimum Gasteiger partial charge on any atom is -0.490 e. The van der Waals surface area contributed by atoms with E-state index in [4.69, 9.17) is 9.47 Å². The van der Waals surface area contributed by atoms with Gasteiger partial charge in [-0.15, -0.1) is 0 Å². The second kappa shape index (κ2) is 9.99. The highest BCUT2D eigenvalue weighted by atomic mass is 80.0. The standard InChI is InChI=1S/C18H21Br3O2Si/c1-2-12-22-17-11-6-10-16(15-8-4-3-5-9-15)18(17)23-13-7-14-24(19,20)21/h3-6,8-11H,2,7,12-14H2,1H3. The molecule has 0 saturated carbocycles.